The topological polar surface area (TPSA) is 92.4 Å². The summed E-state index contributed by atoms with van der Waals surface area (Å²) in [6, 6.07) is 4.77. The van der Waals surface area contributed by atoms with E-state index in [4.69, 9.17) is 10.8 Å². The number of halogens is 1. The number of anilines is 1. The summed E-state index contributed by atoms with van der Waals surface area (Å²) >= 11 is 3.26. The molecule has 0 aliphatic heterocycles. The number of carboxylic acids is 1. The van der Waals surface area contributed by atoms with Gasteiger partial charge in [0.1, 0.15) is 0 Å². The lowest BCUT2D eigenvalue weighted by atomic mass is 9.84. The van der Waals surface area contributed by atoms with Crippen LogP contribution in [0.3, 0.4) is 0 Å². The van der Waals surface area contributed by atoms with Gasteiger partial charge in [-0.15, -0.1) is 0 Å². The second-order valence-electron chi connectivity index (χ2n) is 5.72. The predicted octanol–water partition coefficient (Wildman–Crippen LogP) is 3.24. The van der Waals surface area contributed by atoms with Crippen molar-refractivity contribution in [3.63, 3.8) is 0 Å². The normalized spacial score (nSPS) is 11.2. The zero-order valence-corrected chi connectivity index (χ0v) is 13.9. The minimum absolute atomic E-state index is 0.00433. The van der Waals surface area contributed by atoms with Crippen molar-refractivity contribution in [1.29, 1.82) is 0 Å². The molecule has 0 aliphatic carbocycles. The van der Waals surface area contributed by atoms with E-state index in [-0.39, 0.29) is 16.9 Å². The van der Waals surface area contributed by atoms with Gasteiger partial charge in [-0.25, -0.2) is 4.79 Å². The zero-order chi connectivity index (χ0) is 16.0. The van der Waals surface area contributed by atoms with Gasteiger partial charge in [-0.3, -0.25) is 4.79 Å². The van der Waals surface area contributed by atoms with E-state index < -0.39 is 5.97 Å². The quantitative estimate of drug-likeness (QED) is 0.699. The molecule has 0 saturated heterocycles. The Morgan fingerprint density at radius 1 is 1.33 bits per heavy atom. The average molecular weight is 357 g/mol. The number of benzene rings is 1. The highest BCUT2D eigenvalue weighted by atomic mass is 79.9. The summed E-state index contributed by atoms with van der Waals surface area (Å²) < 4.78 is 0.553. The minimum atomic E-state index is -1.07. The van der Waals surface area contributed by atoms with Crippen LogP contribution in [0, 0.1) is 5.41 Å². The highest BCUT2D eigenvalue weighted by molar-refractivity contribution is 9.10. The van der Waals surface area contributed by atoms with Crippen molar-refractivity contribution in [2.45, 2.75) is 33.1 Å². The molecule has 0 aromatic heterocycles. The standard InChI is InChI=1S/C15H21BrN2O3/c1-15(2,8-9-17)7-6-12(19)18-13-10(14(20)21)4-3-5-11(13)16/h3-5H,6-9,17H2,1-2H3,(H,18,19)(H,20,21). The van der Waals surface area contributed by atoms with Gasteiger partial charge >= 0.3 is 5.97 Å². The number of rotatable bonds is 7. The molecule has 1 amide bonds. The summed E-state index contributed by atoms with van der Waals surface area (Å²) in [7, 11) is 0. The third kappa shape index (κ3) is 5.47. The van der Waals surface area contributed by atoms with Crippen LogP contribution in [-0.2, 0) is 4.79 Å². The first-order valence-corrected chi connectivity index (χ1v) is 7.58. The summed E-state index contributed by atoms with van der Waals surface area (Å²) in [4.78, 5) is 23.2. The number of para-hydroxylation sites is 1. The molecule has 0 radical (unpaired) electrons. The fourth-order valence-corrected chi connectivity index (χ4v) is 2.46. The van der Waals surface area contributed by atoms with Crippen molar-refractivity contribution >= 4 is 33.5 Å². The molecule has 1 aromatic rings. The molecule has 1 aromatic carbocycles. The van der Waals surface area contributed by atoms with Gasteiger partial charge in [-0.2, -0.15) is 0 Å². The van der Waals surface area contributed by atoms with Crippen LogP contribution in [0.1, 0.15) is 43.5 Å². The van der Waals surface area contributed by atoms with E-state index in [0.29, 0.717) is 29.5 Å². The number of nitrogens with two attached hydrogens (primary N) is 1. The molecule has 0 fully saturated rings. The van der Waals surface area contributed by atoms with Gasteiger partial charge in [0.2, 0.25) is 5.91 Å². The van der Waals surface area contributed by atoms with Gasteiger partial charge < -0.3 is 16.2 Å². The Morgan fingerprint density at radius 2 is 2.00 bits per heavy atom. The van der Waals surface area contributed by atoms with Crippen LogP contribution in [0.15, 0.2) is 22.7 Å². The number of carboxylic acid groups (broad SMARTS) is 1. The van der Waals surface area contributed by atoms with Crippen LogP contribution < -0.4 is 11.1 Å². The fourth-order valence-electron chi connectivity index (χ4n) is 2.00. The number of carbonyl (C=O) groups is 2. The minimum Gasteiger partial charge on any atom is -0.478 e. The van der Waals surface area contributed by atoms with Gasteiger partial charge in [0.25, 0.3) is 0 Å². The van der Waals surface area contributed by atoms with Crippen molar-refractivity contribution in [1.82, 2.24) is 0 Å². The predicted molar refractivity (Wildman–Crippen MR) is 86.4 cm³/mol. The molecule has 0 atom stereocenters. The molecular weight excluding hydrogens is 336 g/mol. The molecule has 0 heterocycles. The van der Waals surface area contributed by atoms with E-state index in [0.717, 1.165) is 6.42 Å². The van der Waals surface area contributed by atoms with Crippen molar-refractivity contribution in [2.24, 2.45) is 11.1 Å². The maximum Gasteiger partial charge on any atom is 0.337 e. The van der Waals surface area contributed by atoms with Gasteiger partial charge in [0.15, 0.2) is 0 Å². The number of hydrogen-bond acceptors (Lipinski definition) is 3. The molecule has 6 heteroatoms. The molecule has 5 nitrogen and oxygen atoms in total. The first kappa shape index (κ1) is 17.7. The van der Waals surface area contributed by atoms with Gasteiger partial charge in [-0.1, -0.05) is 19.9 Å². The first-order valence-electron chi connectivity index (χ1n) is 6.78. The van der Waals surface area contributed by atoms with Crippen LogP contribution in [0.2, 0.25) is 0 Å². The van der Waals surface area contributed by atoms with Crippen LogP contribution >= 0.6 is 15.9 Å². The van der Waals surface area contributed by atoms with E-state index >= 15 is 0 Å². The average Bonchev–Trinajstić information content (AvgIpc) is 2.38. The molecule has 21 heavy (non-hydrogen) atoms. The molecule has 116 valence electrons. The van der Waals surface area contributed by atoms with Crippen LogP contribution in [0.25, 0.3) is 0 Å². The lowest BCUT2D eigenvalue weighted by Gasteiger charge is -2.23. The van der Waals surface area contributed by atoms with E-state index in [9.17, 15) is 9.59 Å². The Labute approximate surface area is 133 Å². The molecule has 4 N–H and O–H groups in total. The highest BCUT2D eigenvalue weighted by Crippen LogP contribution is 2.29. The van der Waals surface area contributed by atoms with Gasteiger partial charge in [0, 0.05) is 10.9 Å². The van der Waals surface area contributed by atoms with Crippen molar-refractivity contribution in [3.05, 3.63) is 28.2 Å². The number of hydrogen-bond donors (Lipinski definition) is 3. The molecule has 0 aliphatic rings. The Bertz CT molecular complexity index is 530. The summed E-state index contributed by atoms with van der Waals surface area (Å²) in [5.74, 6) is -1.27. The zero-order valence-electron chi connectivity index (χ0n) is 12.3. The second-order valence-corrected chi connectivity index (χ2v) is 6.57. The molecule has 0 spiro atoms. The Hall–Kier alpha value is -1.40. The van der Waals surface area contributed by atoms with E-state index in [1.807, 2.05) is 0 Å². The second kappa shape index (κ2) is 7.56. The Morgan fingerprint density at radius 3 is 2.57 bits per heavy atom. The first-order chi connectivity index (χ1) is 9.76. The van der Waals surface area contributed by atoms with E-state index in [2.05, 4.69) is 35.1 Å². The Kier molecular flexibility index (Phi) is 6.36. The van der Waals surface area contributed by atoms with E-state index in [1.165, 1.54) is 6.07 Å². The SMILES string of the molecule is CC(C)(CCN)CCC(=O)Nc1c(Br)cccc1C(=O)O. The van der Waals surface area contributed by atoms with Crippen LogP contribution in [0.4, 0.5) is 5.69 Å². The van der Waals surface area contributed by atoms with E-state index in [1.54, 1.807) is 12.1 Å². The van der Waals surface area contributed by atoms with Crippen molar-refractivity contribution in [3.8, 4) is 0 Å². The molecular formula is C15H21BrN2O3. The monoisotopic (exact) mass is 356 g/mol. The number of aromatic carboxylic acids is 1. The van der Waals surface area contributed by atoms with Crippen LogP contribution in [0.5, 0.6) is 0 Å². The third-order valence-electron chi connectivity index (χ3n) is 3.36. The number of nitrogens with one attached hydrogen (secondary N) is 1. The van der Waals surface area contributed by atoms with Gasteiger partial charge in [0.05, 0.1) is 11.3 Å². The maximum absolute atomic E-state index is 12.0. The smallest absolute Gasteiger partial charge is 0.337 e. The lowest BCUT2D eigenvalue weighted by Crippen LogP contribution is -2.21. The number of amides is 1. The Balaban J connectivity index is 2.74. The summed E-state index contributed by atoms with van der Waals surface area (Å²) in [5.41, 5.74) is 5.91. The molecule has 0 bridgehead atoms. The summed E-state index contributed by atoms with van der Waals surface area (Å²) in [6.07, 6.45) is 1.87. The molecule has 0 unspecified atom stereocenters. The third-order valence-corrected chi connectivity index (χ3v) is 4.02. The van der Waals surface area contributed by atoms with Crippen molar-refractivity contribution < 1.29 is 14.7 Å². The molecule has 1 rings (SSSR count). The summed E-state index contributed by atoms with van der Waals surface area (Å²) in [5, 5.41) is 11.8. The number of carbonyl (C=O) groups excluding carboxylic acids is 1. The maximum atomic E-state index is 12.0. The summed E-state index contributed by atoms with van der Waals surface area (Å²) in [6.45, 7) is 4.71. The highest BCUT2D eigenvalue weighted by Gasteiger charge is 2.20. The van der Waals surface area contributed by atoms with Crippen LogP contribution in [-0.4, -0.2) is 23.5 Å². The fraction of sp³-hybridized carbons (Fsp3) is 0.467. The lowest BCUT2D eigenvalue weighted by molar-refractivity contribution is -0.116. The largest absolute Gasteiger partial charge is 0.478 e. The van der Waals surface area contributed by atoms with Crippen molar-refractivity contribution in [2.75, 3.05) is 11.9 Å². The molecule has 0 saturated carbocycles. The van der Waals surface area contributed by atoms with Gasteiger partial charge in [-0.05, 0) is 52.9 Å².